The van der Waals surface area contributed by atoms with Crippen LogP contribution in [0, 0.1) is 5.82 Å². The topological polar surface area (TPSA) is 130 Å². The Hall–Kier alpha value is -3.54. The van der Waals surface area contributed by atoms with Gasteiger partial charge in [0.25, 0.3) is 6.43 Å². The monoisotopic (exact) mass is 493 g/mol. The van der Waals surface area contributed by atoms with Crippen LogP contribution in [0.4, 0.5) is 23.7 Å². The molecule has 2 aliphatic rings. The van der Waals surface area contributed by atoms with Crippen LogP contribution in [0.15, 0.2) is 39.6 Å². The summed E-state index contributed by atoms with van der Waals surface area (Å²) in [6.45, 7) is 1.72. The van der Waals surface area contributed by atoms with Crippen LogP contribution in [-0.2, 0) is 4.74 Å². The minimum absolute atomic E-state index is 0.0718. The van der Waals surface area contributed by atoms with Crippen molar-refractivity contribution >= 4 is 29.3 Å². The normalized spacial score (nSPS) is 19.7. The molecule has 6 N–H and O–H groups in total. The molecule has 9 nitrogen and oxygen atoms in total. The predicted octanol–water partition coefficient (Wildman–Crippen LogP) is 2.43. The molecule has 0 spiro atoms. The number of nitrogens with one attached hydrogen (secondary N) is 2. The molecule has 35 heavy (non-hydrogen) atoms. The lowest BCUT2D eigenvalue weighted by Crippen LogP contribution is -2.46. The maximum atomic E-state index is 15.0. The van der Waals surface area contributed by atoms with Gasteiger partial charge >= 0.3 is 6.03 Å². The third kappa shape index (κ3) is 6.13. The second kappa shape index (κ2) is 11.7. The van der Waals surface area contributed by atoms with Crippen molar-refractivity contribution < 1.29 is 22.7 Å². The largest absolute Gasteiger partial charge is 0.404 e. The van der Waals surface area contributed by atoms with E-state index in [4.69, 9.17) is 16.2 Å². The first-order chi connectivity index (χ1) is 16.8. The molecular formula is C23H30F3N7O2. The molecule has 0 aromatic heterocycles. The Kier molecular flexibility index (Phi) is 8.74. The lowest BCUT2D eigenvalue weighted by molar-refractivity contribution is 0.151. The molecule has 12 heteroatoms. The molecule has 1 fully saturated rings. The van der Waals surface area contributed by atoms with Crippen molar-refractivity contribution in [3.05, 3.63) is 46.5 Å². The van der Waals surface area contributed by atoms with Gasteiger partial charge in [0, 0.05) is 68.5 Å². The summed E-state index contributed by atoms with van der Waals surface area (Å²) in [6, 6.07) is 1.66. The number of hydrogen-bond acceptors (Lipinski definition) is 6. The molecule has 1 unspecified atom stereocenters. The van der Waals surface area contributed by atoms with Gasteiger partial charge in [0.15, 0.2) is 0 Å². The summed E-state index contributed by atoms with van der Waals surface area (Å²) in [5, 5.41) is 5.96. The SMILES string of the molecule is CN=CC(=CN)c1cc(F)c(N=C(N)C2=C(NC3CCOC3)CCN(C(=O)NC)C2)cc1C(F)F. The number of carbonyl (C=O) groups excluding carboxylic acids is 1. The number of nitrogens with zero attached hydrogens (tertiary/aromatic N) is 3. The number of nitrogens with two attached hydrogens (primary N) is 2. The number of amides is 2. The Morgan fingerprint density at radius 1 is 1.37 bits per heavy atom. The smallest absolute Gasteiger partial charge is 0.317 e. The zero-order valence-electron chi connectivity index (χ0n) is 19.7. The molecule has 2 amide bonds. The first kappa shape index (κ1) is 26.1. The van der Waals surface area contributed by atoms with Crippen LogP contribution in [-0.4, -0.2) is 69.4 Å². The molecule has 0 bridgehead atoms. The fourth-order valence-electron chi connectivity index (χ4n) is 4.02. The van der Waals surface area contributed by atoms with Gasteiger partial charge in [0.1, 0.15) is 17.3 Å². The number of urea groups is 1. The van der Waals surface area contributed by atoms with E-state index >= 15 is 0 Å². The van der Waals surface area contributed by atoms with Crippen LogP contribution in [0.1, 0.15) is 30.4 Å². The van der Waals surface area contributed by atoms with Crippen molar-refractivity contribution in [1.29, 1.82) is 0 Å². The van der Waals surface area contributed by atoms with E-state index < -0.39 is 17.8 Å². The standard InChI is InChI=1S/C23H30F3N7O2/c1-29-10-13(9-27)15-7-18(24)20(8-16(15)21(25)26)32-22(28)17-11-33(23(34)30-2)5-3-19(17)31-14-4-6-35-12-14/h7-10,14,21,31H,3-6,11-12,27H2,1-2H3,(H2,28,32)(H,30,34). The van der Waals surface area contributed by atoms with E-state index in [-0.39, 0.29) is 41.3 Å². The van der Waals surface area contributed by atoms with Gasteiger partial charge in [0.05, 0.1) is 19.2 Å². The molecule has 190 valence electrons. The molecule has 0 saturated carbocycles. The number of amidine groups is 1. The van der Waals surface area contributed by atoms with Crippen LogP contribution >= 0.6 is 0 Å². The summed E-state index contributed by atoms with van der Waals surface area (Å²) in [4.78, 5) is 21.7. The van der Waals surface area contributed by atoms with E-state index in [9.17, 15) is 18.0 Å². The fourth-order valence-corrected chi connectivity index (χ4v) is 4.02. The van der Waals surface area contributed by atoms with Gasteiger partial charge in [-0.15, -0.1) is 0 Å². The van der Waals surface area contributed by atoms with E-state index in [1.165, 1.54) is 20.3 Å². The number of aliphatic imine (C=N–C) groups is 2. The van der Waals surface area contributed by atoms with Gasteiger partial charge < -0.3 is 31.7 Å². The van der Waals surface area contributed by atoms with Crippen LogP contribution in [0.5, 0.6) is 0 Å². The van der Waals surface area contributed by atoms with E-state index in [1.54, 1.807) is 4.90 Å². The highest BCUT2D eigenvalue weighted by atomic mass is 19.3. The Labute approximate surface area is 201 Å². The summed E-state index contributed by atoms with van der Waals surface area (Å²) in [7, 11) is 2.97. The number of carbonyl (C=O) groups is 1. The lowest BCUT2D eigenvalue weighted by Gasteiger charge is -2.32. The van der Waals surface area contributed by atoms with Crippen molar-refractivity contribution in [1.82, 2.24) is 15.5 Å². The van der Waals surface area contributed by atoms with E-state index in [2.05, 4.69) is 20.6 Å². The summed E-state index contributed by atoms with van der Waals surface area (Å²) in [5.41, 5.74) is 12.3. The molecule has 1 aromatic carbocycles. The number of rotatable bonds is 7. The maximum absolute atomic E-state index is 15.0. The Morgan fingerprint density at radius 2 is 2.14 bits per heavy atom. The molecular weight excluding hydrogens is 463 g/mol. The number of alkyl halides is 2. The summed E-state index contributed by atoms with van der Waals surface area (Å²) in [5.74, 6) is -0.925. The molecule has 2 aliphatic heterocycles. The Morgan fingerprint density at radius 3 is 2.74 bits per heavy atom. The van der Waals surface area contributed by atoms with Crippen molar-refractivity contribution in [2.45, 2.75) is 25.3 Å². The number of ether oxygens (including phenoxy) is 1. The third-order valence-corrected chi connectivity index (χ3v) is 5.82. The second-order valence-electron chi connectivity index (χ2n) is 8.09. The van der Waals surface area contributed by atoms with Crippen LogP contribution in [0.25, 0.3) is 5.57 Å². The van der Waals surface area contributed by atoms with E-state index in [0.717, 1.165) is 30.5 Å². The number of allylic oxidation sites excluding steroid dienone is 1. The van der Waals surface area contributed by atoms with E-state index in [1.807, 2.05) is 0 Å². The van der Waals surface area contributed by atoms with Gasteiger partial charge in [-0.3, -0.25) is 4.99 Å². The van der Waals surface area contributed by atoms with Gasteiger partial charge in [-0.2, -0.15) is 0 Å². The van der Waals surface area contributed by atoms with Gasteiger partial charge in [0.2, 0.25) is 0 Å². The highest BCUT2D eigenvalue weighted by Crippen LogP contribution is 2.33. The van der Waals surface area contributed by atoms with Crippen molar-refractivity contribution in [3.8, 4) is 0 Å². The highest BCUT2D eigenvalue weighted by Gasteiger charge is 2.27. The molecule has 1 atom stereocenters. The molecule has 0 radical (unpaired) electrons. The number of halogens is 3. The van der Waals surface area contributed by atoms with Crippen molar-refractivity contribution in [2.24, 2.45) is 21.5 Å². The minimum atomic E-state index is -2.92. The first-order valence-corrected chi connectivity index (χ1v) is 11.1. The summed E-state index contributed by atoms with van der Waals surface area (Å²) in [6.07, 6.45) is 0.704. The number of benzene rings is 1. The first-order valence-electron chi connectivity index (χ1n) is 11.1. The highest BCUT2D eigenvalue weighted by molar-refractivity contribution is 6.10. The predicted molar refractivity (Wildman–Crippen MR) is 129 cm³/mol. The third-order valence-electron chi connectivity index (χ3n) is 5.82. The maximum Gasteiger partial charge on any atom is 0.317 e. The van der Waals surface area contributed by atoms with E-state index in [0.29, 0.717) is 31.8 Å². The van der Waals surface area contributed by atoms with Crippen molar-refractivity contribution in [3.63, 3.8) is 0 Å². The Bertz CT molecular complexity index is 1060. The lowest BCUT2D eigenvalue weighted by atomic mass is 9.99. The van der Waals surface area contributed by atoms with Crippen LogP contribution in [0.3, 0.4) is 0 Å². The minimum Gasteiger partial charge on any atom is -0.404 e. The van der Waals surface area contributed by atoms with Crippen molar-refractivity contribution in [2.75, 3.05) is 40.4 Å². The van der Waals surface area contributed by atoms with Crippen LogP contribution in [0.2, 0.25) is 0 Å². The average molecular weight is 494 g/mol. The van der Waals surface area contributed by atoms with Crippen LogP contribution < -0.4 is 22.1 Å². The Balaban J connectivity index is 2.03. The quantitative estimate of drug-likeness (QED) is 0.342. The van der Waals surface area contributed by atoms with Gasteiger partial charge in [-0.25, -0.2) is 23.0 Å². The van der Waals surface area contributed by atoms with Gasteiger partial charge in [-0.1, -0.05) is 0 Å². The molecule has 3 rings (SSSR count). The average Bonchev–Trinajstić information content (AvgIpc) is 3.36. The summed E-state index contributed by atoms with van der Waals surface area (Å²) >= 11 is 0. The fraction of sp³-hybridized carbons (Fsp3) is 0.435. The molecule has 1 aromatic rings. The second-order valence-corrected chi connectivity index (χ2v) is 8.09. The zero-order valence-corrected chi connectivity index (χ0v) is 19.7. The summed E-state index contributed by atoms with van der Waals surface area (Å²) < 4.78 is 48.1. The molecule has 0 aliphatic carbocycles. The molecule has 1 saturated heterocycles. The molecule has 2 heterocycles. The zero-order chi connectivity index (χ0) is 25.5. The number of hydrogen-bond donors (Lipinski definition) is 4. The van der Waals surface area contributed by atoms with Gasteiger partial charge in [-0.05, 0) is 24.1 Å².